The van der Waals surface area contributed by atoms with E-state index in [1.54, 1.807) is 0 Å². The predicted molar refractivity (Wildman–Crippen MR) is 44.1 cm³/mol. The molecule has 1 nitrogen and oxygen atoms in total. The largest absolute Gasteiger partial charge is 0.322 e. The van der Waals surface area contributed by atoms with Crippen LogP contribution in [0.25, 0.3) is 0 Å². The summed E-state index contributed by atoms with van der Waals surface area (Å²) in [4.78, 5) is 0. The van der Waals surface area contributed by atoms with E-state index in [1.807, 2.05) is 31.2 Å². The molecule has 0 heterocycles. The van der Waals surface area contributed by atoms with Gasteiger partial charge in [0.25, 0.3) is 0 Å². The fraction of sp³-hybridized carbons (Fsp3) is 0.333. The van der Waals surface area contributed by atoms with E-state index in [9.17, 15) is 4.39 Å². The zero-order valence-electron chi connectivity index (χ0n) is 6.55. The maximum Gasteiger partial charge on any atom is 0.109 e. The minimum absolute atomic E-state index is 0.463. The molecule has 0 saturated carbocycles. The highest BCUT2D eigenvalue weighted by molar-refractivity contribution is 5.24. The first kappa shape index (κ1) is 8.21. The molecule has 0 amide bonds. The molecule has 0 fully saturated rings. The van der Waals surface area contributed by atoms with Gasteiger partial charge in [0.15, 0.2) is 0 Å². The molecule has 0 aliphatic heterocycles. The Morgan fingerprint density at radius 3 is 2.82 bits per heavy atom. The lowest BCUT2D eigenvalue weighted by Crippen LogP contribution is -2.11. The maximum atomic E-state index is 12.1. The Hall–Kier alpha value is -0.890. The molecule has 60 valence electrons. The minimum Gasteiger partial charge on any atom is -0.322 e. The summed E-state index contributed by atoms with van der Waals surface area (Å²) >= 11 is 0. The second-order valence-corrected chi connectivity index (χ2v) is 2.67. The molecule has 0 saturated heterocycles. The first-order valence-electron chi connectivity index (χ1n) is 3.62. The fourth-order valence-corrected chi connectivity index (χ4v) is 0.990. The molecule has 2 heteroatoms. The van der Waals surface area contributed by atoms with Crippen molar-refractivity contribution in [2.24, 2.45) is 5.73 Å². The Labute approximate surface area is 66.0 Å². The standard InChI is InChI=1S/C9H12FN/c1-7-3-2-4-8(5-7)9(11)6-10/h2-5,9H,6,11H2,1H3/t9-/m1/s1. The van der Waals surface area contributed by atoms with Crippen molar-refractivity contribution in [2.45, 2.75) is 13.0 Å². The van der Waals surface area contributed by atoms with Crippen LogP contribution >= 0.6 is 0 Å². The van der Waals surface area contributed by atoms with Gasteiger partial charge in [0.2, 0.25) is 0 Å². The Bertz CT molecular complexity index is 235. The zero-order chi connectivity index (χ0) is 8.27. The van der Waals surface area contributed by atoms with E-state index in [1.165, 1.54) is 0 Å². The van der Waals surface area contributed by atoms with Gasteiger partial charge in [0, 0.05) is 0 Å². The number of hydrogen-bond donors (Lipinski definition) is 1. The molecule has 0 aromatic heterocycles. The molecule has 0 aliphatic carbocycles. The Balaban J connectivity index is 2.86. The maximum absolute atomic E-state index is 12.1. The van der Waals surface area contributed by atoms with E-state index in [0.717, 1.165) is 11.1 Å². The van der Waals surface area contributed by atoms with Crippen LogP contribution < -0.4 is 5.73 Å². The summed E-state index contributed by atoms with van der Waals surface area (Å²) in [5, 5.41) is 0. The second-order valence-electron chi connectivity index (χ2n) is 2.67. The lowest BCUT2D eigenvalue weighted by Gasteiger charge is -2.06. The number of benzene rings is 1. The van der Waals surface area contributed by atoms with Gasteiger partial charge in [-0.15, -0.1) is 0 Å². The van der Waals surface area contributed by atoms with Crippen LogP contribution in [0.1, 0.15) is 17.2 Å². The van der Waals surface area contributed by atoms with Crippen molar-refractivity contribution in [3.8, 4) is 0 Å². The molecule has 1 aromatic rings. The monoisotopic (exact) mass is 153 g/mol. The molecule has 2 N–H and O–H groups in total. The number of alkyl halides is 1. The van der Waals surface area contributed by atoms with Gasteiger partial charge in [0.05, 0.1) is 6.04 Å². The first-order chi connectivity index (χ1) is 5.24. The van der Waals surface area contributed by atoms with Gasteiger partial charge in [-0.3, -0.25) is 0 Å². The Morgan fingerprint density at radius 2 is 2.27 bits per heavy atom. The average Bonchev–Trinajstić information content (AvgIpc) is 2.03. The molecule has 11 heavy (non-hydrogen) atoms. The van der Waals surface area contributed by atoms with E-state index in [4.69, 9.17) is 5.73 Å². The Kier molecular flexibility index (Phi) is 2.60. The van der Waals surface area contributed by atoms with Gasteiger partial charge >= 0.3 is 0 Å². The van der Waals surface area contributed by atoms with Crippen molar-refractivity contribution in [3.63, 3.8) is 0 Å². The van der Waals surface area contributed by atoms with Crippen LogP contribution in [0.3, 0.4) is 0 Å². The van der Waals surface area contributed by atoms with Gasteiger partial charge in [0.1, 0.15) is 6.67 Å². The third kappa shape index (κ3) is 2.02. The highest BCUT2D eigenvalue weighted by Gasteiger charge is 2.03. The van der Waals surface area contributed by atoms with Crippen LogP contribution in [0, 0.1) is 6.92 Å². The van der Waals surface area contributed by atoms with Gasteiger partial charge in [-0.2, -0.15) is 0 Å². The lowest BCUT2D eigenvalue weighted by molar-refractivity contribution is 0.437. The van der Waals surface area contributed by atoms with E-state index in [2.05, 4.69) is 0 Å². The number of hydrogen-bond acceptors (Lipinski definition) is 1. The smallest absolute Gasteiger partial charge is 0.109 e. The molecular formula is C9H12FN. The van der Waals surface area contributed by atoms with Gasteiger partial charge < -0.3 is 5.73 Å². The molecule has 1 atom stereocenters. The van der Waals surface area contributed by atoms with Crippen molar-refractivity contribution in [1.82, 2.24) is 0 Å². The highest BCUT2D eigenvalue weighted by atomic mass is 19.1. The summed E-state index contributed by atoms with van der Waals surface area (Å²) in [6.45, 7) is 1.47. The van der Waals surface area contributed by atoms with Crippen LogP contribution in [0.5, 0.6) is 0 Å². The average molecular weight is 153 g/mol. The molecule has 0 aliphatic rings. The summed E-state index contributed by atoms with van der Waals surface area (Å²) in [6.07, 6.45) is 0. The quantitative estimate of drug-likeness (QED) is 0.690. The van der Waals surface area contributed by atoms with E-state index in [-0.39, 0.29) is 0 Å². The van der Waals surface area contributed by atoms with Crippen molar-refractivity contribution in [1.29, 1.82) is 0 Å². The predicted octanol–water partition coefficient (Wildman–Crippen LogP) is 1.96. The molecule has 1 rings (SSSR count). The lowest BCUT2D eigenvalue weighted by atomic mass is 10.1. The summed E-state index contributed by atoms with van der Waals surface area (Å²) in [5.41, 5.74) is 7.47. The third-order valence-corrected chi connectivity index (χ3v) is 1.64. The number of nitrogens with two attached hydrogens (primary N) is 1. The van der Waals surface area contributed by atoms with E-state index < -0.39 is 12.7 Å². The second kappa shape index (κ2) is 3.49. The van der Waals surface area contributed by atoms with Crippen LogP contribution in [-0.2, 0) is 0 Å². The van der Waals surface area contributed by atoms with Crippen LogP contribution in [0.2, 0.25) is 0 Å². The number of halogens is 1. The van der Waals surface area contributed by atoms with Gasteiger partial charge in [-0.25, -0.2) is 4.39 Å². The molecule has 0 unspecified atom stereocenters. The molecule has 0 radical (unpaired) electrons. The fourth-order valence-electron chi connectivity index (χ4n) is 0.990. The van der Waals surface area contributed by atoms with Crippen molar-refractivity contribution >= 4 is 0 Å². The number of aryl methyl sites for hydroxylation is 1. The number of rotatable bonds is 2. The van der Waals surface area contributed by atoms with Gasteiger partial charge in [-0.1, -0.05) is 29.8 Å². The van der Waals surface area contributed by atoms with Crippen molar-refractivity contribution < 1.29 is 4.39 Å². The van der Waals surface area contributed by atoms with Crippen LogP contribution in [-0.4, -0.2) is 6.67 Å². The normalized spacial score (nSPS) is 13.0. The van der Waals surface area contributed by atoms with Crippen molar-refractivity contribution in [3.05, 3.63) is 35.4 Å². The van der Waals surface area contributed by atoms with E-state index >= 15 is 0 Å². The SMILES string of the molecule is Cc1cccc([C@H](N)CF)c1. The molecule has 1 aromatic carbocycles. The first-order valence-corrected chi connectivity index (χ1v) is 3.62. The summed E-state index contributed by atoms with van der Waals surface area (Å²) in [7, 11) is 0. The molecular weight excluding hydrogens is 141 g/mol. The summed E-state index contributed by atoms with van der Waals surface area (Å²) in [6, 6.07) is 7.14. The molecule has 0 spiro atoms. The van der Waals surface area contributed by atoms with Crippen molar-refractivity contribution in [2.75, 3.05) is 6.67 Å². The minimum atomic E-state index is -0.497. The van der Waals surface area contributed by atoms with Crippen LogP contribution in [0.4, 0.5) is 4.39 Å². The summed E-state index contributed by atoms with van der Waals surface area (Å²) < 4.78 is 12.1. The van der Waals surface area contributed by atoms with Crippen LogP contribution in [0.15, 0.2) is 24.3 Å². The van der Waals surface area contributed by atoms with Gasteiger partial charge in [-0.05, 0) is 12.5 Å². The molecule has 0 bridgehead atoms. The summed E-state index contributed by atoms with van der Waals surface area (Å²) in [5.74, 6) is 0. The topological polar surface area (TPSA) is 26.0 Å². The third-order valence-electron chi connectivity index (χ3n) is 1.64. The highest BCUT2D eigenvalue weighted by Crippen LogP contribution is 2.11. The van der Waals surface area contributed by atoms with E-state index in [0.29, 0.717) is 0 Å². The Morgan fingerprint density at radius 1 is 1.55 bits per heavy atom. The zero-order valence-corrected chi connectivity index (χ0v) is 6.55.